The Bertz CT molecular complexity index is 707. The van der Waals surface area contributed by atoms with Crippen molar-refractivity contribution in [2.45, 2.75) is 55.4 Å². The van der Waals surface area contributed by atoms with E-state index in [0.717, 1.165) is 11.1 Å². The summed E-state index contributed by atoms with van der Waals surface area (Å²) >= 11 is 0. The smallest absolute Gasteiger partial charge is 0.119 e. The van der Waals surface area contributed by atoms with Crippen LogP contribution >= 0.6 is 0 Å². The first kappa shape index (κ1) is 15.6. The molecule has 0 aliphatic rings. The molecule has 0 unspecified atom stereocenters. The molecule has 2 aromatic rings. The third-order valence-corrected chi connectivity index (χ3v) is 5.32. The fourth-order valence-corrected chi connectivity index (χ4v) is 3.32. The lowest BCUT2D eigenvalue weighted by atomic mass is 9.82. The fraction of sp³-hybridized carbons (Fsp3) is 0.400. The van der Waals surface area contributed by atoms with Crippen molar-refractivity contribution in [3.05, 3.63) is 50.6 Å². The number of phenols is 1. The zero-order chi connectivity index (χ0) is 16.1. The van der Waals surface area contributed by atoms with Gasteiger partial charge in [-0.15, -0.1) is 0 Å². The van der Waals surface area contributed by atoms with Crippen molar-refractivity contribution in [1.29, 1.82) is 0 Å². The van der Waals surface area contributed by atoms with Gasteiger partial charge in [0.1, 0.15) is 5.75 Å². The molecule has 1 nitrogen and oxygen atoms in total. The fourth-order valence-electron chi connectivity index (χ4n) is 3.32. The highest BCUT2D eigenvalue weighted by Gasteiger charge is 2.18. The van der Waals surface area contributed by atoms with Crippen molar-refractivity contribution in [2.75, 3.05) is 0 Å². The molecule has 0 spiro atoms. The van der Waals surface area contributed by atoms with E-state index in [1.54, 1.807) is 0 Å². The number of aryl methyl sites for hydroxylation is 1. The first-order valence-corrected chi connectivity index (χ1v) is 7.55. The quantitative estimate of drug-likeness (QED) is 0.729. The predicted molar refractivity (Wildman–Crippen MR) is 91.4 cm³/mol. The zero-order valence-electron chi connectivity index (χ0n) is 14.5. The molecule has 0 aliphatic heterocycles. The van der Waals surface area contributed by atoms with Crippen LogP contribution in [0.15, 0.2) is 6.07 Å². The average molecular weight is 282 g/mol. The van der Waals surface area contributed by atoms with Gasteiger partial charge in [0.15, 0.2) is 0 Å². The number of aromatic hydroxyl groups is 1. The lowest BCUT2D eigenvalue weighted by Gasteiger charge is -2.23. The molecule has 0 heterocycles. The molecule has 1 N–H and O–H groups in total. The maximum atomic E-state index is 10.0. The third kappa shape index (κ3) is 2.25. The van der Waals surface area contributed by atoms with Gasteiger partial charge in [-0.3, -0.25) is 0 Å². The molecule has 0 aliphatic carbocycles. The van der Waals surface area contributed by atoms with Crippen molar-refractivity contribution in [2.24, 2.45) is 0 Å². The van der Waals surface area contributed by atoms with Crippen LogP contribution in [-0.4, -0.2) is 5.11 Å². The van der Waals surface area contributed by atoms with Gasteiger partial charge < -0.3 is 5.11 Å². The highest BCUT2D eigenvalue weighted by atomic mass is 16.3. The van der Waals surface area contributed by atoms with Gasteiger partial charge >= 0.3 is 0 Å². The number of phenolic OH excluding ortho intramolecular Hbond substituents is 1. The summed E-state index contributed by atoms with van der Waals surface area (Å²) in [5, 5.41) is 10.0. The second-order valence-corrected chi connectivity index (χ2v) is 6.34. The van der Waals surface area contributed by atoms with Crippen molar-refractivity contribution in [1.82, 2.24) is 0 Å². The lowest BCUT2D eigenvalue weighted by Crippen LogP contribution is -2.02. The molecule has 0 amide bonds. The van der Waals surface area contributed by atoms with Gasteiger partial charge in [-0.1, -0.05) is 0 Å². The van der Waals surface area contributed by atoms with E-state index in [1.807, 2.05) is 13.0 Å². The van der Waals surface area contributed by atoms with E-state index in [2.05, 4.69) is 48.5 Å². The molecule has 1 heteroatoms. The molecule has 0 radical (unpaired) electrons. The minimum atomic E-state index is 0.393. The van der Waals surface area contributed by atoms with Crippen LogP contribution < -0.4 is 0 Å². The molecule has 0 saturated carbocycles. The van der Waals surface area contributed by atoms with Crippen molar-refractivity contribution in [3.8, 4) is 16.9 Å². The molecule has 0 aromatic heterocycles. The summed E-state index contributed by atoms with van der Waals surface area (Å²) < 4.78 is 0. The van der Waals surface area contributed by atoms with Crippen molar-refractivity contribution >= 4 is 0 Å². The van der Waals surface area contributed by atoms with Gasteiger partial charge in [0.05, 0.1) is 0 Å². The highest BCUT2D eigenvalue weighted by Crippen LogP contribution is 2.40. The van der Waals surface area contributed by atoms with Gasteiger partial charge in [-0.2, -0.15) is 0 Å². The molecule has 21 heavy (non-hydrogen) atoms. The van der Waals surface area contributed by atoms with E-state index in [0.29, 0.717) is 5.75 Å². The predicted octanol–water partition coefficient (Wildman–Crippen LogP) is 5.53. The molecule has 0 bridgehead atoms. The number of hydrogen-bond donors (Lipinski definition) is 1. The number of benzene rings is 2. The van der Waals surface area contributed by atoms with Crippen molar-refractivity contribution in [3.63, 3.8) is 0 Å². The van der Waals surface area contributed by atoms with Crippen LogP contribution in [0.5, 0.6) is 5.75 Å². The van der Waals surface area contributed by atoms with Crippen LogP contribution in [0.2, 0.25) is 0 Å². The SMILES string of the molecule is Cc1cc(O)c(C)c(C)c1-c1c(C)c(C)c(C)c(C)c1C. The third-order valence-electron chi connectivity index (χ3n) is 5.32. The summed E-state index contributed by atoms with van der Waals surface area (Å²) in [6.07, 6.45) is 0. The Balaban J connectivity index is 2.96. The molecule has 0 fully saturated rings. The van der Waals surface area contributed by atoms with E-state index < -0.39 is 0 Å². The van der Waals surface area contributed by atoms with Gasteiger partial charge in [-0.05, 0) is 117 Å². The van der Waals surface area contributed by atoms with Gasteiger partial charge in [0, 0.05) is 0 Å². The Morgan fingerprint density at radius 3 is 1.38 bits per heavy atom. The molecule has 112 valence electrons. The Morgan fingerprint density at radius 1 is 0.524 bits per heavy atom. The van der Waals surface area contributed by atoms with Crippen LogP contribution in [0.1, 0.15) is 44.5 Å². The van der Waals surface area contributed by atoms with Crippen LogP contribution in [0.4, 0.5) is 0 Å². The second kappa shape index (κ2) is 5.22. The van der Waals surface area contributed by atoms with E-state index in [-0.39, 0.29) is 0 Å². The summed E-state index contributed by atoms with van der Waals surface area (Å²) in [6.45, 7) is 17.2. The van der Waals surface area contributed by atoms with Crippen LogP contribution in [0.3, 0.4) is 0 Å². The maximum absolute atomic E-state index is 10.0. The standard InChI is InChI=1S/C20H26O/c1-10-9-18(21)14(5)17(8)19(10)20-15(6)12(3)11(2)13(4)16(20)7/h9,21H,1-8H3. The zero-order valence-corrected chi connectivity index (χ0v) is 14.5. The van der Waals surface area contributed by atoms with E-state index in [1.165, 1.54) is 44.5 Å². The first-order valence-electron chi connectivity index (χ1n) is 7.55. The monoisotopic (exact) mass is 282 g/mol. The largest absolute Gasteiger partial charge is 0.508 e. The van der Waals surface area contributed by atoms with Crippen molar-refractivity contribution < 1.29 is 5.11 Å². The van der Waals surface area contributed by atoms with Gasteiger partial charge in [0.25, 0.3) is 0 Å². The summed E-state index contributed by atoms with van der Waals surface area (Å²) in [4.78, 5) is 0. The Labute approximate surface area is 128 Å². The second-order valence-electron chi connectivity index (χ2n) is 6.34. The first-order chi connectivity index (χ1) is 9.68. The summed E-state index contributed by atoms with van der Waals surface area (Å²) in [5.41, 5.74) is 12.8. The Hall–Kier alpha value is -1.76. The van der Waals surface area contributed by atoms with Gasteiger partial charge in [0.2, 0.25) is 0 Å². The normalized spacial score (nSPS) is 11.0. The minimum Gasteiger partial charge on any atom is -0.508 e. The summed E-state index contributed by atoms with van der Waals surface area (Å²) in [7, 11) is 0. The number of hydrogen-bond acceptors (Lipinski definition) is 1. The van der Waals surface area contributed by atoms with E-state index >= 15 is 0 Å². The Kier molecular flexibility index (Phi) is 3.88. The molecule has 0 atom stereocenters. The molecular formula is C20H26O. The minimum absolute atomic E-state index is 0.393. The topological polar surface area (TPSA) is 20.2 Å². The molecule has 0 saturated heterocycles. The molecule has 2 aromatic carbocycles. The highest BCUT2D eigenvalue weighted by molar-refractivity contribution is 5.80. The van der Waals surface area contributed by atoms with Gasteiger partial charge in [-0.25, -0.2) is 0 Å². The van der Waals surface area contributed by atoms with E-state index in [9.17, 15) is 5.11 Å². The summed E-state index contributed by atoms with van der Waals surface area (Å²) in [5.74, 6) is 0.393. The number of rotatable bonds is 1. The average Bonchev–Trinajstić information content (AvgIpc) is 2.44. The maximum Gasteiger partial charge on any atom is 0.119 e. The molecule has 2 rings (SSSR count). The Morgan fingerprint density at radius 2 is 0.905 bits per heavy atom. The summed E-state index contributed by atoms with van der Waals surface area (Å²) in [6, 6.07) is 1.89. The van der Waals surface area contributed by atoms with Crippen LogP contribution in [0, 0.1) is 55.4 Å². The molecular weight excluding hydrogens is 256 g/mol. The van der Waals surface area contributed by atoms with E-state index in [4.69, 9.17) is 0 Å². The lowest BCUT2D eigenvalue weighted by molar-refractivity contribution is 0.470. The van der Waals surface area contributed by atoms with Crippen LogP contribution in [0.25, 0.3) is 11.1 Å². The van der Waals surface area contributed by atoms with Crippen LogP contribution in [-0.2, 0) is 0 Å².